The Morgan fingerprint density at radius 2 is 0.415 bits per heavy atom. The lowest BCUT2D eigenvalue weighted by Crippen LogP contribution is -2.30. The molecule has 0 aromatic carbocycles. The van der Waals surface area contributed by atoms with E-state index < -0.39 is 6.10 Å². The van der Waals surface area contributed by atoms with Gasteiger partial charge in [-0.05, 0) is 19.3 Å². The molecule has 0 fully saturated rings. The highest BCUT2D eigenvalue weighted by Gasteiger charge is 2.19. The maximum atomic E-state index is 12.8. The third-order valence-corrected chi connectivity index (χ3v) is 13.6. The molecule has 1 unspecified atom stereocenters. The molecule has 1 atom stereocenters. The zero-order chi connectivity index (χ0) is 47.2. The molecule has 0 N–H and O–H groups in total. The summed E-state index contributed by atoms with van der Waals surface area (Å²) in [5.41, 5.74) is 0. The average molecular weight is 920 g/mol. The fourth-order valence-electron chi connectivity index (χ4n) is 9.15. The molecule has 6 nitrogen and oxygen atoms in total. The van der Waals surface area contributed by atoms with Crippen molar-refractivity contribution in [1.82, 2.24) is 0 Å². The van der Waals surface area contributed by atoms with Gasteiger partial charge in [-0.3, -0.25) is 14.4 Å². The minimum atomic E-state index is -0.760. The highest BCUT2D eigenvalue weighted by molar-refractivity contribution is 5.71. The molecule has 0 aromatic rings. The highest BCUT2D eigenvalue weighted by Crippen LogP contribution is 2.18. The van der Waals surface area contributed by atoms with Gasteiger partial charge in [-0.2, -0.15) is 0 Å². The van der Waals surface area contributed by atoms with Crippen LogP contribution in [0.5, 0.6) is 0 Å². The molecule has 0 saturated heterocycles. The van der Waals surface area contributed by atoms with Crippen LogP contribution < -0.4 is 0 Å². The minimum absolute atomic E-state index is 0.0618. The van der Waals surface area contributed by atoms with Crippen LogP contribution in [0.1, 0.15) is 342 Å². The summed E-state index contributed by atoms with van der Waals surface area (Å²) in [4.78, 5) is 38.0. The molecule has 0 heterocycles. The van der Waals surface area contributed by atoms with Gasteiger partial charge >= 0.3 is 17.9 Å². The number of carbonyl (C=O) groups is 3. The SMILES string of the molecule is CCCCCCCCCCCCCCCCCCCCCCCC(=O)OCC(COC(=O)CCCCCCCCC)OC(=O)CCCCCCCCCCCCCCCCCCCCC. The van der Waals surface area contributed by atoms with E-state index in [1.54, 1.807) is 0 Å². The Bertz CT molecular complexity index is 967. The van der Waals surface area contributed by atoms with E-state index in [9.17, 15) is 14.4 Å². The normalized spacial score (nSPS) is 11.9. The summed E-state index contributed by atoms with van der Waals surface area (Å²) in [5.74, 6) is -0.841. The van der Waals surface area contributed by atoms with Gasteiger partial charge in [-0.1, -0.05) is 303 Å². The summed E-state index contributed by atoms with van der Waals surface area (Å²) in [6.45, 7) is 6.67. The Kier molecular flexibility index (Phi) is 53.7. The van der Waals surface area contributed by atoms with Crippen molar-refractivity contribution in [3.05, 3.63) is 0 Å². The van der Waals surface area contributed by atoms with Gasteiger partial charge in [0.05, 0.1) is 0 Å². The van der Waals surface area contributed by atoms with E-state index >= 15 is 0 Å². The van der Waals surface area contributed by atoms with Gasteiger partial charge in [-0.25, -0.2) is 0 Å². The molecule has 6 heteroatoms. The monoisotopic (exact) mass is 919 g/mol. The number of esters is 3. The maximum absolute atomic E-state index is 12.8. The van der Waals surface area contributed by atoms with E-state index in [1.165, 1.54) is 244 Å². The number of carbonyl (C=O) groups excluding carboxylic acids is 3. The molecule has 0 aliphatic carbocycles. The number of hydrogen-bond donors (Lipinski definition) is 0. The molecule has 0 radical (unpaired) electrons. The van der Waals surface area contributed by atoms with Crippen LogP contribution in [0.15, 0.2) is 0 Å². The third-order valence-electron chi connectivity index (χ3n) is 13.6. The smallest absolute Gasteiger partial charge is 0.306 e. The van der Waals surface area contributed by atoms with Crippen LogP contribution in [0, 0.1) is 0 Å². The molecule has 0 bridgehead atoms. The maximum Gasteiger partial charge on any atom is 0.306 e. The molecule has 0 spiro atoms. The Morgan fingerprint density at radius 3 is 0.615 bits per heavy atom. The summed E-state index contributed by atoms with van der Waals surface area (Å²) >= 11 is 0. The predicted molar refractivity (Wildman–Crippen MR) is 280 cm³/mol. The van der Waals surface area contributed by atoms with Crippen molar-refractivity contribution < 1.29 is 28.6 Å². The molecule has 0 saturated carbocycles. The van der Waals surface area contributed by atoms with Crippen molar-refractivity contribution in [3.8, 4) is 0 Å². The van der Waals surface area contributed by atoms with Gasteiger partial charge in [0.15, 0.2) is 6.10 Å². The lowest BCUT2D eigenvalue weighted by atomic mass is 10.0. The largest absolute Gasteiger partial charge is 0.462 e. The molecule has 0 aliphatic heterocycles. The third kappa shape index (κ3) is 53.2. The van der Waals surface area contributed by atoms with Crippen molar-refractivity contribution in [1.29, 1.82) is 0 Å². The number of unbranched alkanes of at least 4 members (excludes halogenated alkanes) is 44. The Morgan fingerprint density at radius 1 is 0.246 bits per heavy atom. The first kappa shape index (κ1) is 63.4. The lowest BCUT2D eigenvalue weighted by Gasteiger charge is -2.18. The zero-order valence-corrected chi connectivity index (χ0v) is 44.3. The van der Waals surface area contributed by atoms with Crippen LogP contribution in [-0.4, -0.2) is 37.2 Å². The second kappa shape index (κ2) is 55.0. The Balaban J connectivity index is 4.10. The molecular weight excluding hydrogens is 805 g/mol. The van der Waals surface area contributed by atoms with Gasteiger partial charge in [0, 0.05) is 19.3 Å². The topological polar surface area (TPSA) is 78.9 Å². The van der Waals surface area contributed by atoms with Gasteiger partial charge in [-0.15, -0.1) is 0 Å². The predicted octanol–water partition coefficient (Wildman–Crippen LogP) is 19.5. The van der Waals surface area contributed by atoms with Crippen molar-refractivity contribution >= 4 is 17.9 Å². The van der Waals surface area contributed by atoms with Crippen molar-refractivity contribution in [3.63, 3.8) is 0 Å². The fraction of sp³-hybridized carbons (Fsp3) is 0.949. The average Bonchev–Trinajstić information content (AvgIpc) is 3.30. The first-order valence-corrected chi connectivity index (χ1v) is 29.5. The summed E-state index contributed by atoms with van der Waals surface area (Å²) < 4.78 is 16.8. The first-order valence-electron chi connectivity index (χ1n) is 29.5. The molecule has 0 aromatic heterocycles. The highest BCUT2D eigenvalue weighted by atomic mass is 16.6. The second-order valence-corrected chi connectivity index (χ2v) is 20.3. The Labute approximate surface area is 406 Å². The summed E-state index contributed by atoms with van der Waals surface area (Å²) in [7, 11) is 0. The number of ether oxygens (including phenoxy) is 3. The minimum Gasteiger partial charge on any atom is -0.462 e. The molecular formula is C59H114O6. The number of rotatable bonds is 55. The van der Waals surface area contributed by atoms with Crippen molar-refractivity contribution in [2.75, 3.05) is 13.2 Å². The van der Waals surface area contributed by atoms with Crippen LogP contribution in [0.2, 0.25) is 0 Å². The van der Waals surface area contributed by atoms with Crippen molar-refractivity contribution in [2.45, 2.75) is 348 Å². The quantitative estimate of drug-likeness (QED) is 0.0344. The van der Waals surface area contributed by atoms with E-state index in [2.05, 4.69) is 20.8 Å². The first-order chi connectivity index (χ1) is 32.0. The van der Waals surface area contributed by atoms with Crippen LogP contribution in [-0.2, 0) is 28.6 Å². The second-order valence-electron chi connectivity index (χ2n) is 20.3. The summed E-state index contributed by atoms with van der Waals surface area (Å²) in [6.07, 6.45) is 61.2. The van der Waals surface area contributed by atoms with Crippen molar-refractivity contribution in [2.24, 2.45) is 0 Å². The molecule has 65 heavy (non-hydrogen) atoms. The van der Waals surface area contributed by atoms with E-state index in [0.29, 0.717) is 19.3 Å². The zero-order valence-electron chi connectivity index (χ0n) is 44.3. The lowest BCUT2D eigenvalue weighted by molar-refractivity contribution is -0.167. The van der Waals surface area contributed by atoms with E-state index in [-0.39, 0.29) is 31.1 Å². The Hall–Kier alpha value is -1.59. The van der Waals surface area contributed by atoms with Crippen LogP contribution >= 0.6 is 0 Å². The summed E-state index contributed by atoms with van der Waals surface area (Å²) in [5, 5.41) is 0. The van der Waals surface area contributed by atoms with E-state index in [4.69, 9.17) is 14.2 Å². The van der Waals surface area contributed by atoms with Gasteiger partial charge in [0.1, 0.15) is 13.2 Å². The van der Waals surface area contributed by atoms with E-state index in [0.717, 1.165) is 57.8 Å². The van der Waals surface area contributed by atoms with Gasteiger partial charge in [0.2, 0.25) is 0 Å². The van der Waals surface area contributed by atoms with E-state index in [1.807, 2.05) is 0 Å². The standard InChI is InChI=1S/C59H114O6/c1-4-7-10-13-16-18-20-22-24-26-28-29-31-32-34-36-38-40-43-46-49-52-58(61)64-55-56(54-63-57(60)51-48-45-42-15-12-9-6-3)65-59(62)53-50-47-44-41-39-37-35-33-30-27-25-23-21-19-17-14-11-8-5-2/h56H,4-55H2,1-3H3. The molecule has 0 rings (SSSR count). The summed E-state index contributed by atoms with van der Waals surface area (Å²) in [6, 6.07) is 0. The fourth-order valence-corrected chi connectivity index (χ4v) is 9.15. The van der Waals surface area contributed by atoms with Crippen LogP contribution in [0.4, 0.5) is 0 Å². The molecule has 386 valence electrons. The van der Waals surface area contributed by atoms with Crippen LogP contribution in [0.25, 0.3) is 0 Å². The molecule has 0 aliphatic rings. The number of hydrogen-bond acceptors (Lipinski definition) is 6. The van der Waals surface area contributed by atoms with Gasteiger partial charge in [0.25, 0.3) is 0 Å². The molecule has 0 amide bonds. The van der Waals surface area contributed by atoms with Gasteiger partial charge < -0.3 is 14.2 Å². The van der Waals surface area contributed by atoms with Crippen LogP contribution in [0.3, 0.4) is 0 Å².